The highest BCUT2D eigenvalue weighted by atomic mass is 16.2. The van der Waals surface area contributed by atoms with Gasteiger partial charge < -0.3 is 0 Å². The van der Waals surface area contributed by atoms with E-state index in [0.29, 0.717) is 5.69 Å². The number of amides is 2. The van der Waals surface area contributed by atoms with E-state index in [0.717, 1.165) is 6.42 Å². The van der Waals surface area contributed by atoms with Crippen LogP contribution in [0.3, 0.4) is 0 Å². The fourth-order valence-electron chi connectivity index (χ4n) is 3.64. The van der Waals surface area contributed by atoms with Gasteiger partial charge >= 0.3 is 0 Å². The predicted octanol–water partition coefficient (Wildman–Crippen LogP) is 1.39. The van der Waals surface area contributed by atoms with Gasteiger partial charge in [-0.05, 0) is 30.4 Å². The summed E-state index contributed by atoms with van der Waals surface area (Å²) in [6.07, 6.45) is 8.38. The average Bonchev–Trinajstić information content (AvgIpc) is 3.05. The molecular weight excluding hydrogens is 228 g/mol. The van der Waals surface area contributed by atoms with E-state index in [1.807, 2.05) is 0 Å². The summed E-state index contributed by atoms with van der Waals surface area (Å²) in [4.78, 5) is 30.2. The highest BCUT2D eigenvalue weighted by Gasteiger charge is 2.59. The molecule has 0 unspecified atom stereocenters. The Balaban J connectivity index is 1.77. The minimum absolute atomic E-state index is 0.0464. The lowest BCUT2D eigenvalue weighted by atomic mass is 9.85. The van der Waals surface area contributed by atoms with Crippen molar-refractivity contribution in [2.45, 2.75) is 6.42 Å². The number of carbonyl (C=O) groups excluding carboxylic acids is 2. The van der Waals surface area contributed by atoms with Crippen LogP contribution in [0, 0.1) is 23.7 Å². The first-order chi connectivity index (χ1) is 8.77. The molecule has 4 nitrogen and oxygen atoms in total. The van der Waals surface area contributed by atoms with Gasteiger partial charge in [0.1, 0.15) is 0 Å². The van der Waals surface area contributed by atoms with Crippen molar-refractivity contribution in [1.82, 2.24) is 4.98 Å². The molecule has 1 aromatic heterocycles. The average molecular weight is 240 g/mol. The van der Waals surface area contributed by atoms with Crippen molar-refractivity contribution in [1.29, 1.82) is 0 Å². The van der Waals surface area contributed by atoms with Gasteiger partial charge in [-0.2, -0.15) is 0 Å². The number of nitrogens with zero attached hydrogens (tertiary/aromatic N) is 2. The molecule has 0 N–H and O–H groups in total. The molecule has 1 saturated carbocycles. The number of anilines is 1. The third kappa shape index (κ3) is 1.08. The molecule has 4 atom stereocenters. The number of allylic oxidation sites excluding steroid dienone is 2. The lowest BCUT2D eigenvalue weighted by Gasteiger charge is -2.16. The van der Waals surface area contributed by atoms with Crippen LogP contribution in [0.1, 0.15) is 6.42 Å². The third-order valence-electron chi connectivity index (χ3n) is 4.37. The van der Waals surface area contributed by atoms with Crippen molar-refractivity contribution < 1.29 is 9.59 Å². The van der Waals surface area contributed by atoms with E-state index >= 15 is 0 Å². The summed E-state index contributed by atoms with van der Waals surface area (Å²) in [5.41, 5.74) is 0.598. The number of pyridine rings is 1. The Hall–Kier alpha value is -1.97. The van der Waals surface area contributed by atoms with Crippen LogP contribution in [0.2, 0.25) is 0 Å². The summed E-state index contributed by atoms with van der Waals surface area (Å²) in [6, 6.07) is 3.51. The fourth-order valence-corrected chi connectivity index (χ4v) is 3.64. The smallest absolute Gasteiger partial charge is 0.238 e. The summed E-state index contributed by atoms with van der Waals surface area (Å²) in [6.45, 7) is 0. The maximum atomic E-state index is 12.4. The van der Waals surface area contributed by atoms with E-state index in [9.17, 15) is 9.59 Å². The molecule has 2 amide bonds. The van der Waals surface area contributed by atoms with Gasteiger partial charge in [0.05, 0.1) is 23.7 Å². The largest absolute Gasteiger partial charge is 0.274 e. The van der Waals surface area contributed by atoms with Gasteiger partial charge in [0.15, 0.2) is 0 Å². The van der Waals surface area contributed by atoms with Crippen molar-refractivity contribution in [3.05, 3.63) is 36.7 Å². The van der Waals surface area contributed by atoms with Crippen LogP contribution in [-0.2, 0) is 9.59 Å². The number of fused-ring (bicyclic) bond motifs is 5. The lowest BCUT2D eigenvalue weighted by Crippen LogP contribution is -2.32. The fraction of sp³-hybridized carbons (Fsp3) is 0.357. The van der Waals surface area contributed by atoms with E-state index in [-0.39, 0.29) is 35.5 Å². The molecule has 18 heavy (non-hydrogen) atoms. The quantitative estimate of drug-likeness (QED) is 0.550. The van der Waals surface area contributed by atoms with Gasteiger partial charge in [-0.1, -0.05) is 12.2 Å². The molecule has 4 heteroatoms. The van der Waals surface area contributed by atoms with Gasteiger partial charge in [0.2, 0.25) is 11.8 Å². The van der Waals surface area contributed by atoms with E-state index in [4.69, 9.17) is 0 Å². The molecule has 1 saturated heterocycles. The Bertz CT molecular complexity index is 536. The van der Waals surface area contributed by atoms with Crippen LogP contribution < -0.4 is 4.90 Å². The Morgan fingerprint density at radius 2 is 1.78 bits per heavy atom. The normalized spacial score (nSPS) is 36.6. The van der Waals surface area contributed by atoms with Crippen LogP contribution >= 0.6 is 0 Å². The van der Waals surface area contributed by atoms with Crippen molar-refractivity contribution in [3.63, 3.8) is 0 Å². The van der Waals surface area contributed by atoms with Crippen molar-refractivity contribution in [2.75, 3.05) is 4.90 Å². The van der Waals surface area contributed by atoms with E-state index in [2.05, 4.69) is 17.1 Å². The SMILES string of the molecule is O=C1[C@H]2[C@H](C(=O)N1c1cccnc1)[C@@H]1C=C[C@@H]2C1. The molecule has 1 aromatic rings. The van der Waals surface area contributed by atoms with Gasteiger partial charge in [0.25, 0.3) is 0 Å². The molecule has 2 heterocycles. The standard InChI is InChI=1S/C14H12N2O2/c17-13-11-8-3-4-9(6-8)12(11)14(18)16(13)10-2-1-5-15-7-10/h1-5,7-9,11-12H,6H2/t8-,9-,11-,12-/m1/s1. The molecule has 1 aliphatic heterocycles. The zero-order valence-corrected chi connectivity index (χ0v) is 9.69. The van der Waals surface area contributed by atoms with E-state index in [1.54, 1.807) is 24.5 Å². The Labute approximate surface area is 104 Å². The van der Waals surface area contributed by atoms with E-state index < -0.39 is 0 Å². The van der Waals surface area contributed by atoms with Gasteiger partial charge in [0, 0.05) is 6.20 Å². The van der Waals surface area contributed by atoms with Crippen LogP contribution in [0.15, 0.2) is 36.7 Å². The molecule has 0 spiro atoms. The van der Waals surface area contributed by atoms with E-state index in [1.165, 1.54) is 4.90 Å². The van der Waals surface area contributed by atoms with Crippen LogP contribution in [0.5, 0.6) is 0 Å². The molecule has 0 radical (unpaired) electrons. The first-order valence-electron chi connectivity index (χ1n) is 6.23. The Kier molecular flexibility index (Phi) is 1.82. The third-order valence-corrected chi connectivity index (χ3v) is 4.37. The summed E-state index contributed by atoms with van der Waals surface area (Å²) >= 11 is 0. The zero-order valence-electron chi connectivity index (χ0n) is 9.69. The van der Waals surface area contributed by atoms with Crippen LogP contribution in [0.25, 0.3) is 0 Å². The lowest BCUT2D eigenvalue weighted by molar-refractivity contribution is -0.123. The number of carbonyl (C=O) groups is 2. The maximum absolute atomic E-state index is 12.4. The predicted molar refractivity (Wildman–Crippen MR) is 64.4 cm³/mol. The molecule has 90 valence electrons. The number of aromatic nitrogens is 1. The summed E-state index contributed by atoms with van der Waals surface area (Å²) < 4.78 is 0. The monoisotopic (exact) mass is 240 g/mol. The minimum atomic E-state index is -0.132. The number of hydrogen-bond acceptors (Lipinski definition) is 3. The molecule has 0 aromatic carbocycles. The number of imide groups is 1. The minimum Gasteiger partial charge on any atom is -0.274 e. The Morgan fingerprint density at radius 3 is 2.33 bits per heavy atom. The van der Waals surface area contributed by atoms with Gasteiger partial charge in [-0.3, -0.25) is 14.6 Å². The van der Waals surface area contributed by atoms with Crippen LogP contribution in [0.4, 0.5) is 5.69 Å². The molecule has 2 aliphatic carbocycles. The van der Waals surface area contributed by atoms with Crippen molar-refractivity contribution in [3.8, 4) is 0 Å². The molecular formula is C14H12N2O2. The van der Waals surface area contributed by atoms with Crippen molar-refractivity contribution in [2.24, 2.45) is 23.7 Å². The highest BCUT2D eigenvalue weighted by Crippen LogP contribution is 2.53. The second-order valence-corrected chi connectivity index (χ2v) is 5.22. The van der Waals surface area contributed by atoms with Gasteiger partial charge in [-0.25, -0.2) is 4.90 Å². The second kappa shape index (κ2) is 3.28. The second-order valence-electron chi connectivity index (χ2n) is 5.22. The molecule has 3 aliphatic rings. The maximum Gasteiger partial charge on any atom is 0.238 e. The number of hydrogen-bond donors (Lipinski definition) is 0. The van der Waals surface area contributed by atoms with Crippen LogP contribution in [-0.4, -0.2) is 16.8 Å². The number of rotatable bonds is 1. The molecule has 4 rings (SSSR count). The van der Waals surface area contributed by atoms with Gasteiger partial charge in [-0.15, -0.1) is 0 Å². The first-order valence-corrected chi connectivity index (χ1v) is 6.23. The summed E-state index contributed by atoms with van der Waals surface area (Å²) in [7, 11) is 0. The Morgan fingerprint density at radius 1 is 1.11 bits per heavy atom. The summed E-state index contributed by atoms with van der Waals surface area (Å²) in [5.74, 6) is 0.168. The topological polar surface area (TPSA) is 50.3 Å². The zero-order chi connectivity index (χ0) is 12.3. The molecule has 2 fully saturated rings. The first kappa shape index (κ1) is 10.00. The van der Waals surface area contributed by atoms with Crippen molar-refractivity contribution >= 4 is 17.5 Å². The molecule has 2 bridgehead atoms. The highest BCUT2D eigenvalue weighted by molar-refractivity contribution is 6.22. The summed E-state index contributed by atoms with van der Waals surface area (Å²) in [5, 5.41) is 0.